The number of hydrogen-bond donors (Lipinski definition) is 0. The number of methoxy groups -OCH3 is 1. The molecule has 0 saturated heterocycles. The molecule has 0 bridgehead atoms. The Kier molecular flexibility index (Phi) is 5.13. The molecule has 0 aliphatic heterocycles. The van der Waals surface area contributed by atoms with E-state index in [2.05, 4.69) is 9.84 Å². The van der Waals surface area contributed by atoms with Crippen molar-refractivity contribution < 1.29 is 28.6 Å². The van der Waals surface area contributed by atoms with Gasteiger partial charge in [0, 0.05) is 11.1 Å². The maximum atomic E-state index is 12.4. The SMILES string of the molecule is COC(=O)C(C)Oc1ccc(Oc2n[n+]([O-])c3cc(Cl)ccc3[n+]2[O-])cc1. The van der Waals surface area contributed by atoms with E-state index < -0.39 is 18.1 Å². The lowest BCUT2D eigenvalue weighted by molar-refractivity contribution is -0.683. The summed E-state index contributed by atoms with van der Waals surface area (Å²) in [6.45, 7) is 1.55. The van der Waals surface area contributed by atoms with Gasteiger partial charge in [-0.25, -0.2) is 4.79 Å². The topological polar surface area (TPSA) is 112 Å². The summed E-state index contributed by atoms with van der Waals surface area (Å²) in [6, 6.07) is 9.85. The van der Waals surface area contributed by atoms with E-state index in [4.69, 9.17) is 21.1 Å². The highest BCUT2D eigenvalue weighted by molar-refractivity contribution is 6.31. The lowest BCUT2D eigenvalue weighted by Crippen LogP contribution is -2.42. The van der Waals surface area contributed by atoms with E-state index in [1.165, 1.54) is 49.6 Å². The van der Waals surface area contributed by atoms with E-state index in [-0.39, 0.29) is 21.6 Å². The molecule has 0 N–H and O–H groups in total. The Morgan fingerprint density at radius 1 is 1.11 bits per heavy atom. The molecule has 0 radical (unpaired) electrons. The first-order valence-corrected chi connectivity index (χ1v) is 8.12. The number of fused-ring (bicyclic) bond motifs is 1. The van der Waals surface area contributed by atoms with Gasteiger partial charge in [0.25, 0.3) is 5.10 Å². The lowest BCUT2D eigenvalue weighted by atomic mass is 10.3. The van der Waals surface area contributed by atoms with E-state index in [0.29, 0.717) is 15.5 Å². The molecule has 2 aromatic carbocycles. The van der Waals surface area contributed by atoms with Crippen molar-refractivity contribution in [1.82, 2.24) is 5.10 Å². The van der Waals surface area contributed by atoms with Crippen LogP contribution in [0.4, 0.5) is 0 Å². The first kappa shape index (κ1) is 18.5. The Morgan fingerprint density at radius 3 is 2.44 bits per heavy atom. The van der Waals surface area contributed by atoms with Gasteiger partial charge in [0.1, 0.15) is 11.5 Å². The van der Waals surface area contributed by atoms with E-state index >= 15 is 0 Å². The zero-order valence-corrected chi connectivity index (χ0v) is 15.0. The number of carbonyl (C=O) groups excluding carboxylic acids is 1. The number of hydrogen-bond acceptors (Lipinski definition) is 7. The van der Waals surface area contributed by atoms with Gasteiger partial charge in [0.2, 0.25) is 5.52 Å². The van der Waals surface area contributed by atoms with Crippen molar-refractivity contribution in [2.75, 3.05) is 7.11 Å². The number of rotatable bonds is 5. The second-order valence-corrected chi connectivity index (χ2v) is 5.88. The van der Waals surface area contributed by atoms with Crippen LogP contribution in [0.15, 0.2) is 42.5 Å². The molecule has 0 saturated carbocycles. The van der Waals surface area contributed by atoms with Gasteiger partial charge in [0.15, 0.2) is 6.10 Å². The van der Waals surface area contributed by atoms with Gasteiger partial charge in [-0.3, -0.25) is 0 Å². The average Bonchev–Trinajstić information content (AvgIpc) is 2.66. The number of aromatic nitrogens is 3. The molecule has 1 atom stereocenters. The largest absolute Gasteiger partial charge is 0.707 e. The van der Waals surface area contributed by atoms with Gasteiger partial charge < -0.3 is 24.6 Å². The molecule has 10 heteroatoms. The van der Waals surface area contributed by atoms with E-state index in [0.717, 1.165) is 0 Å². The van der Waals surface area contributed by atoms with Crippen LogP contribution in [0, 0.1) is 10.4 Å². The number of nitrogens with zero attached hydrogens (tertiary/aromatic N) is 3. The van der Waals surface area contributed by atoms with E-state index in [1.54, 1.807) is 6.92 Å². The molecular weight excluding hydrogens is 378 g/mol. The molecule has 1 heterocycles. The molecule has 9 nitrogen and oxygen atoms in total. The molecule has 1 unspecified atom stereocenters. The number of carbonyl (C=O) groups is 1. The van der Waals surface area contributed by atoms with Crippen LogP contribution in [0.1, 0.15) is 6.92 Å². The van der Waals surface area contributed by atoms with Gasteiger partial charge >= 0.3 is 17.5 Å². The van der Waals surface area contributed by atoms with Gasteiger partial charge in [-0.05, 0) is 43.3 Å². The van der Waals surface area contributed by atoms with Crippen molar-refractivity contribution in [2.24, 2.45) is 0 Å². The first-order valence-electron chi connectivity index (χ1n) is 7.74. The Morgan fingerprint density at radius 2 is 1.78 bits per heavy atom. The smallest absolute Gasteiger partial charge is 0.577 e. The van der Waals surface area contributed by atoms with E-state index in [1.807, 2.05) is 0 Å². The molecule has 0 amide bonds. The zero-order chi connectivity index (χ0) is 19.6. The fraction of sp³-hybridized carbons (Fsp3) is 0.176. The van der Waals surface area contributed by atoms with Gasteiger partial charge in [-0.15, -0.1) is 0 Å². The predicted octanol–water partition coefficient (Wildman–Crippen LogP) is 1.89. The first-order chi connectivity index (χ1) is 12.9. The quantitative estimate of drug-likeness (QED) is 0.371. The van der Waals surface area contributed by atoms with Crippen LogP contribution in [-0.2, 0) is 9.53 Å². The van der Waals surface area contributed by atoms with Crippen molar-refractivity contribution in [2.45, 2.75) is 13.0 Å². The second-order valence-electron chi connectivity index (χ2n) is 5.44. The standard InChI is InChI=1S/C17H14ClN3O6/c1-10(16(22)25-2)26-12-4-6-13(7-5-12)27-17-19-21(24)15-9-11(18)3-8-14(15)20(17)23/h3-10H,1-2H3. The van der Waals surface area contributed by atoms with Gasteiger partial charge in [-0.2, -0.15) is 4.73 Å². The van der Waals surface area contributed by atoms with Crippen LogP contribution in [0.3, 0.4) is 0 Å². The molecule has 140 valence electrons. The van der Waals surface area contributed by atoms with Crippen LogP contribution in [0.2, 0.25) is 5.02 Å². The van der Waals surface area contributed by atoms with Crippen molar-refractivity contribution in [3.05, 3.63) is 57.9 Å². The third-order valence-corrected chi connectivity index (χ3v) is 3.83. The Bertz CT molecular complexity index is 996. The van der Waals surface area contributed by atoms with Crippen molar-refractivity contribution >= 4 is 28.6 Å². The van der Waals surface area contributed by atoms with E-state index in [9.17, 15) is 15.2 Å². The lowest BCUT2D eigenvalue weighted by Gasteiger charge is -2.12. The molecule has 0 fully saturated rings. The van der Waals surface area contributed by atoms with Crippen LogP contribution in [0.25, 0.3) is 11.0 Å². The highest BCUT2D eigenvalue weighted by Crippen LogP contribution is 2.22. The third kappa shape index (κ3) is 3.93. The highest BCUT2D eigenvalue weighted by Gasteiger charge is 2.24. The number of halogens is 1. The number of ether oxygens (including phenoxy) is 3. The maximum absolute atomic E-state index is 12.4. The molecule has 27 heavy (non-hydrogen) atoms. The minimum Gasteiger partial charge on any atom is -0.707 e. The summed E-state index contributed by atoms with van der Waals surface area (Å²) in [5.74, 6) is 0.136. The molecule has 3 rings (SSSR count). The molecule has 0 aliphatic carbocycles. The fourth-order valence-electron chi connectivity index (χ4n) is 2.27. The molecular formula is C17H14ClN3O6. The zero-order valence-electron chi connectivity index (χ0n) is 14.3. The van der Waals surface area contributed by atoms with Crippen LogP contribution in [-0.4, -0.2) is 24.3 Å². The fourth-order valence-corrected chi connectivity index (χ4v) is 2.43. The summed E-state index contributed by atoms with van der Waals surface area (Å²) in [5.41, 5.74) is 0.0802. The number of benzene rings is 2. The van der Waals surface area contributed by atoms with Crippen LogP contribution < -0.4 is 19.0 Å². The van der Waals surface area contributed by atoms with Gasteiger partial charge in [0.05, 0.1) is 12.0 Å². The predicted molar refractivity (Wildman–Crippen MR) is 93.3 cm³/mol. The summed E-state index contributed by atoms with van der Waals surface area (Å²) in [6.07, 6.45) is -0.779. The summed E-state index contributed by atoms with van der Waals surface area (Å²) in [4.78, 5) is 11.6. The Hall–Kier alpha value is -3.33. The highest BCUT2D eigenvalue weighted by atomic mass is 35.5. The third-order valence-electron chi connectivity index (χ3n) is 3.59. The summed E-state index contributed by atoms with van der Waals surface area (Å²) in [7, 11) is 1.27. The molecule has 1 aromatic heterocycles. The Labute approximate surface area is 158 Å². The molecule has 0 spiro atoms. The van der Waals surface area contributed by atoms with Crippen LogP contribution >= 0.6 is 11.6 Å². The summed E-state index contributed by atoms with van der Waals surface area (Å²) in [5, 5.41) is 28.3. The summed E-state index contributed by atoms with van der Waals surface area (Å²) >= 11 is 5.83. The Balaban J connectivity index is 1.82. The maximum Gasteiger partial charge on any atom is 0.577 e. The van der Waals surface area contributed by atoms with Crippen molar-refractivity contribution in [3.8, 4) is 17.5 Å². The summed E-state index contributed by atoms with van der Waals surface area (Å²) < 4.78 is 15.8. The number of esters is 1. The molecule has 0 aliphatic rings. The van der Waals surface area contributed by atoms with Crippen molar-refractivity contribution in [3.63, 3.8) is 0 Å². The van der Waals surface area contributed by atoms with Gasteiger partial charge in [-0.1, -0.05) is 11.6 Å². The molecule has 3 aromatic rings. The second kappa shape index (κ2) is 7.50. The average molecular weight is 392 g/mol. The van der Waals surface area contributed by atoms with Crippen LogP contribution in [0.5, 0.6) is 17.5 Å². The minimum atomic E-state index is -0.779. The normalized spacial score (nSPS) is 11.8. The monoisotopic (exact) mass is 391 g/mol. The van der Waals surface area contributed by atoms with Crippen molar-refractivity contribution in [1.29, 1.82) is 0 Å². The minimum absolute atomic E-state index is 0.0189.